The van der Waals surface area contributed by atoms with Crippen molar-refractivity contribution in [1.29, 1.82) is 0 Å². The Kier molecular flexibility index (Phi) is 7.93. The molecule has 4 rings (SSSR count). The largest absolute Gasteiger partial charge is 0.497 e. The van der Waals surface area contributed by atoms with E-state index < -0.39 is 10.0 Å². The Labute approximate surface area is 219 Å². The first-order chi connectivity index (χ1) is 17.2. The highest BCUT2D eigenvalue weighted by Gasteiger charge is 2.31. The monoisotopic (exact) mass is 525 g/mol. The molecule has 0 amide bonds. The minimum absolute atomic E-state index is 0.340. The number of anilines is 2. The van der Waals surface area contributed by atoms with Gasteiger partial charge in [-0.1, -0.05) is 36.9 Å². The third-order valence-corrected chi connectivity index (χ3v) is 8.81. The van der Waals surface area contributed by atoms with Crippen molar-refractivity contribution in [3.05, 3.63) is 101 Å². The fraction of sp³-hybridized carbons (Fsp3) is 0.286. The average molecular weight is 526 g/mol. The van der Waals surface area contributed by atoms with Gasteiger partial charge in [0.1, 0.15) is 5.76 Å². The summed E-state index contributed by atoms with van der Waals surface area (Å²) < 4.78 is 33.6. The summed E-state index contributed by atoms with van der Waals surface area (Å²) in [5.41, 5.74) is 4.82. The second-order valence-electron chi connectivity index (χ2n) is 8.76. The first-order valence-electron chi connectivity index (χ1n) is 11.9. The summed E-state index contributed by atoms with van der Waals surface area (Å²) in [4.78, 5) is 4.64. The molecule has 0 aliphatic carbocycles. The van der Waals surface area contributed by atoms with Crippen LogP contribution in [0.1, 0.15) is 12.5 Å². The number of allylic oxidation sites excluding steroid dienone is 3. The summed E-state index contributed by atoms with van der Waals surface area (Å²) in [5, 5.41) is 0.676. The van der Waals surface area contributed by atoms with Crippen LogP contribution in [-0.4, -0.2) is 52.6 Å². The molecule has 2 aromatic carbocycles. The van der Waals surface area contributed by atoms with Gasteiger partial charge >= 0.3 is 0 Å². The maximum atomic E-state index is 13.4. The van der Waals surface area contributed by atoms with Gasteiger partial charge in [-0.15, -0.1) is 0 Å². The van der Waals surface area contributed by atoms with Gasteiger partial charge < -0.3 is 14.5 Å². The van der Waals surface area contributed by atoms with Crippen molar-refractivity contribution in [2.24, 2.45) is 0 Å². The highest BCUT2D eigenvalue weighted by molar-refractivity contribution is 7.89. The van der Waals surface area contributed by atoms with Crippen LogP contribution in [0.5, 0.6) is 0 Å². The zero-order chi connectivity index (χ0) is 25.9. The van der Waals surface area contributed by atoms with Gasteiger partial charge in [0.25, 0.3) is 0 Å². The molecule has 0 aromatic heterocycles. The number of rotatable bonds is 8. The van der Waals surface area contributed by atoms with Crippen molar-refractivity contribution in [2.45, 2.75) is 18.2 Å². The van der Waals surface area contributed by atoms with Crippen molar-refractivity contribution in [3.63, 3.8) is 0 Å². The SMILES string of the molecule is C=C(C=CC(=CC)C(=C)N1CCc2cc(S(=O)(=O)N3CCN(c4cccc(Cl)c4)CC3)ccc21)OC. The number of ether oxygens (including phenoxy) is 1. The molecule has 1 fully saturated rings. The molecule has 0 bridgehead atoms. The molecule has 0 N–H and O–H groups in total. The zero-order valence-corrected chi connectivity index (χ0v) is 22.4. The number of sulfonamides is 1. The molecule has 0 radical (unpaired) electrons. The van der Waals surface area contributed by atoms with E-state index in [-0.39, 0.29) is 0 Å². The van der Waals surface area contributed by atoms with Gasteiger partial charge in [-0.25, -0.2) is 8.42 Å². The third kappa shape index (κ3) is 5.38. The summed E-state index contributed by atoms with van der Waals surface area (Å²) in [6, 6.07) is 13.1. The van der Waals surface area contributed by atoms with Crippen LogP contribution in [0.3, 0.4) is 0 Å². The van der Waals surface area contributed by atoms with E-state index in [0.717, 1.165) is 41.2 Å². The molecule has 0 spiro atoms. The predicted molar refractivity (Wildman–Crippen MR) is 148 cm³/mol. The van der Waals surface area contributed by atoms with E-state index in [2.05, 4.69) is 23.0 Å². The van der Waals surface area contributed by atoms with Gasteiger partial charge in [0.05, 0.1) is 12.0 Å². The molecule has 6 nitrogen and oxygen atoms in total. The minimum atomic E-state index is -3.58. The van der Waals surface area contributed by atoms with Crippen LogP contribution in [0.15, 0.2) is 95.8 Å². The molecule has 2 heterocycles. The molecule has 0 atom stereocenters. The standard InChI is InChI=1S/C28H32ClN3O3S/c1-5-23(10-9-21(2)35-4)22(3)32-14-13-24-19-27(11-12-28(24)32)36(33,34)31-17-15-30(16-18-31)26-8-6-7-25(29)20-26/h5-12,19-20H,2-3,13-18H2,1,4H3. The third-order valence-electron chi connectivity index (χ3n) is 6.68. The van der Waals surface area contributed by atoms with Gasteiger partial charge in [-0.3, -0.25) is 0 Å². The van der Waals surface area contributed by atoms with Gasteiger partial charge in [-0.2, -0.15) is 4.31 Å². The lowest BCUT2D eigenvalue weighted by atomic mass is 10.1. The molecule has 2 aliphatic rings. The van der Waals surface area contributed by atoms with Crippen LogP contribution in [0.4, 0.5) is 11.4 Å². The highest BCUT2D eigenvalue weighted by Crippen LogP contribution is 2.35. The molecule has 2 aromatic rings. The number of nitrogens with zero attached hydrogens (tertiary/aromatic N) is 3. The molecule has 0 saturated carbocycles. The van der Waals surface area contributed by atoms with Crippen LogP contribution < -0.4 is 9.80 Å². The Morgan fingerprint density at radius 3 is 2.44 bits per heavy atom. The van der Waals surface area contributed by atoms with E-state index in [1.165, 1.54) is 0 Å². The van der Waals surface area contributed by atoms with Crippen molar-refractivity contribution >= 4 is 33.0 Å². The first-order valence-corrected chi connectivity index (χ1v) is 13.7. The molecule has 8 heteroatoms. The van der Waals surface area contributed by atoms with Crippen LogP contribution in [-0.2, 0) is 21.2 Å². The lowest BCUT2D eigenvalue weighted by Crippen LogP contribution is -2.48. The quantitative estimate of drug-likeness (QED) is 0.341. The van der Waals surface area contributed by atoms with Crippen LogP contribution in [0, 0.1) is 0 Å². The fourth-order valence-electron chi connectivity index (χ4n) is 4.59. The average Bonchev–Trinajstić information content (AvgIpc) is 3.32. The zero-order valence-electron chi connectivity index (χ0n) is 20.8. The summed E-state index contributed by atoms with van der Waals surface area (Å²) >= 11 is 6.12. The molecular formula is C28H32ClN3O3S. The van der Waals surface area contributed by atoms with Crippen molar-refractivity contribution < 1.29 is 13.2 Å². The number of piperazine rings is 1. The lowest BCUT2D eigenvalue weighted by molar-refractivity contribution is 0.309. The maximum Gasteiger partial charge on any atom is 0.243 e. The number of hydrogen-bond donors (Lipinski definition) is 0. The molecule has 0 unspecified atom stereocenters. The van der Waals surface area contributed by atoms with Crippen LogP contribution in [0.2, 0.25) is 5.02 Å². The molecule has 36 heavy (non-hydrogen) atoms. The van der Waals surface area contributed by atoms with Crippen molar-refractivity contribution in [1.82, 2.24) is 4.31 Å². The topological polar surface area (TPSA) is 53.1 Å². The van der Waals surface area contributed by atoms with E-state index in [0.29, 0.717) is 41.9 Å². The van der Waals surface area contributed by atoms with Crippen molar-refractivity contribution in [3.8, 4) is 0 Å². The second kappa shape index (κ2) is 10.9. The normalized spacial score (nSPS) is 16.9. The summed E-state index contributed by atoms with van der Waals surface area (Å²) in [6.07, 6.45) is 6.47. The molecule has 190 valence electrons. The summed E-state index contributed by atoms with van der Waals surface area (Å²) in [7, 11) is -2.00. The Morgan fingerprint density at radius 1 is 1.03 bits per heavy atom. The van der Waals surface area contributed by atoms with Gasteiger partial charge in [-0.05, 0) is 73.0 Å². The summed E-state index contributed by atoms with van der Waals surface area (Å²) in [6.45, 7) is 12.9. The molecule has 2 aliphatic heterocycles. The predicted octanol–water partition coefficient (Wildman–Crippen LogP) is 5.39. The van der Waals surface area contributed by atoms with E-state index in [1.807, 2.05) is 55.5 Å². The number of methoxy groups -OCH3 is 1. The van der Waals surface area contributed by atoms with Crippen molar-refractivity contribution in [2.75, 3.05) is 49.6 Å². The maximum absolute atomic E-state index is 13.4. The van der Waals surface area contributed by atoms with E-state index in [1.54, 1.807) is 23.6 Å². The Morgan fingerprint density at radius 2 is 1.78 bits per heavy atom. The fourth-order valence-corrected chi connectivity index (χ4v) is 6.25. The van der Waals surface area contributed by atoms with E-state index in [4.69, 9.17) is 16.3 Å². The van der Waals surface area contributed by atoms with Crippen LogP contribution in [0.25, 0.3) is 0 Å². The number of fused-ring (bicyclic) bond motifs is 1. The van der Waals surface area contributed by atoms with E-state index in [9.17, 15) is 8.42 Å². The number of benzene rings is 2. The molecular weight excluding hydrogens is 494 g/mol. The second-order valence-corrected chi connectivity index (χ2v) is 11.1. The highest BCUT2D eigenvalue weighted by atomic mass is 35.5. The first kappa shape index (κ1) is 26.1. The lowest BCUT2D eigenvalue weighted by Gasteiger charge is -2.35. The number of hydrogen-bond acceptors (Lipinski definition) is 5. The van der Waals surface area contributed by atoms with Gasteiger partial charge in [0.15, 0.2) is 0 Å². The Bertz CT molecular complexity index is 1330. The summed E-state index contributed by atoms with van der Waals surface area (Å²) in [5.74, 6) is 0.562. The smallest absolute Gasteiger partial charge is 0.243 e. The van der Waals surface area contributed by atoms with Gasteiger partial charge in [0.2, 0.25) is 10.0 Å². The molecule has 1 saturated heterocycles. The minimum Gasteiger partial charge on any atom is -0.497 e. The van der Waals surface area contributed by atoms with Gasteiger partial charge in [0, 0.05) is 54.8 Å². The Balaban J connectivity index is 1.47. The van der Waals surface area contributed by atoms with E-state index >= 15 is 0 Å². The Hall–Kier alpha value is -3.00. The number of halogens is 1. The van der Waals surface area contributed by atoms with Crippen LogP contribution >= 0.6 is 11.6 Å².